The summed E-state index contributed by atoms with van der Waals surface area (Å²) in [6, 6.07) is 9.40. The molecule has 1 aromatic rings. The first kappa shape index (κ1) is 14.2. The molecule has 4 heteroatoms. The van der Waals surface area contributed by atoms with Gasteiger partial charge < -0.3 is 14.6 Å². The van der Waals surface area contributed by atoms with Crippen molar-refractivity contribution in [3.05, 3.63) is 35.9 Å². The van der Waals surface area contributed by atoms with E-state index in [-0.39, 0.29) is 19.8 Å². The molecule has 18 heavy (non-hydrogen) atoms. The number of esters is 1. The zero-order valence-corrected chi connectivity index (χ0v) is 10.3. The van der Waals surface area contributed by atoms with Gasteiger partial charge in [-0.3, -0.25) is 4.79 Å². The normalized spacial score (nSPS) is 11.2. The lowest BCUT2D eigenvalue weighted by molar-refractivity contribution is -0.146. The van der Waals surface area contributed by atoms with Gasteiger partial charge in [0.25, 0.3) is 0 Å². The Morgan fingerprint density at radius 1 is 1.39 bits per heavy atom. The van der Waals surface area contributed by atoms with Gasteiger partial charge in [0, 0.05) is 12.5 Å². The van der Waals surface area contributed by atoms with Crippen molar-refractivity contribution in [1.29, 1.82) is 0 Å². The minimum absolute atomic E-state index is 0.0705. The molecule has 0 aliphatic carbocycles. The molecule has 4 nitrogen and oxygen atoms in total. The number of hydrogen-bond acceptors (Lipinski definition) is 4. The fraction of sp³-hybridized carbons (Fsp3) is 0.357. The molecular weight excluding hydrogens is 232 g/mol. The zero-order valence-electron chi connectivity index (χ0n) is 10.3. The summed E-state index contributed by atoms with van der Waals surface area (Å²) in [5.41, 5.74) is 0.844. The molecule has 0 aromatic heterocycles. The third kappa shape index (κ3) is 6.04. The van der Waals surface area contributed by atoms with E-state index < -0.39 is 12.1 Å². The second-order valence-corrected chi connectivity index (χ2v) is 3.53. The number of hydrogen-bond donors (Lipinski definition) is 1. The molecule has 1 rings (SSSR count). The maximum atomic E-state index is 10.9. The van der Waals surface area contributed by atoms with E-state index in [1.807, 2.05) is 30.3 Å². The Kier molecular flexibility index (Phi) is 6.55. The first-order valence-corrected chi connectivity index (χ1v) is 5.65. The lowest BCUT2D eigenvalue weighted by Crippen LogP contribution is -2.21. The van der Waals surface area contributed by atoms with Gasteiger partial charge in [-0.05, 0) is 12.1 Å². The fourth-order valence-electron chi connectivity index (χ4n) is 1.25. The monoisotopic (exact) mass is 248 g/mol. The van der Waals surface area contributed by atoms with Gasteiger partial charge in [-0.15, -0.1) is 0 Å². The molecule has 0 aliphatic rings. The SMILES string of the molecule is CC(=O)OC(C#Cc1ccccc1)COCCO. The van der Waals surface area contributed by atoms with Crippen LogP contribution in [-0.2, 0) is 14.3 Å². The smallest absolute Gasteiger partial charge is 0.303 e. The first-order chi connectivity index (χ1) is 8.72. The average Bonchev–Trinajstić information content (AvgIpc) is 2.37. The fourth-order valence-corrected chi connectivity index (χ4v) is 1.25. The van der Waals surface area contributed by atoms with E-state index in [0.717, 1.165) is 5.56 Å². The number of benzene rings is 1. The lowest BCUT2D eigenvalue weighted by atomic mass is 10.2. The Balaban J connectivity index is 2.60. The van der Waals surface area contributed by atoms with Crippen molar-refractivity contribution in [3.63, 3.8) is 0 Å². The molecule has 0 radical (unpaired) electrons. The molecule has 0 saturated carbocycles. The Labute approximate surface area is 107 Å². The van der Waals surface area contributed by atoms with Crippen molar-refractivity contribution in [2.45, 2.75) is 13.0 Å². The van der Waals surface area contributed by atoms with Crippen molar-refractivity contribution >= 4 is 5.97 Å². The number of aliphatic hydroxyl groups excluding tert-OH is 1. The number of rotatable bonds is 5. The summed E-state index contributed by atoms with van der Waals surface area (Å²) in [6.07, 6.45) is -0.616. The number of ether oxygens (including phenoxy) is 2. The molecule has 1 N–H and O–H groups in total. The van der Waals surface area contributed by atoms with E-state index in [2.05, 4.69) is 11.8 Å². The van der Waals surface area contributed by atoms with Gasteiger partial charge in [0.05, 0.1) is 19.8 Å². The van der Waals surface area contributed by atoms with Crippen molar-refractivity contribution in [2.24, 2.45) is 0 Å². The summed E-state index contributed by atoms with van der Waals surface area (Å²) >= 11 is 0. The van der Waals surface area contributed by atoms with E-state index >= 15 is 0 Å². The van der Waals surface area contributed by atoms with Crippen molar-refractivity contribution < 1.29 is 19.4 Å². The molecule has 0 amide bonds. The zero-order chi connectivity index (χ0) is 13.2. The molecule has 96 valence electrons. The van der Waals surface area contributed by atoms with Crippen molar-refractivity contribution in [2.75, 3.05) is 19.8 Å². The van der Waals surface area contributed by atoms with E-state index in [0.29, 0.717) is 0 Å². The number of carbonyl (C=O) groups excluding carboxylic acids is 1. The van der Waals surface area contributed by atoms with Gasteiger partial charge in [0.2, 0.25) is 0 Å². The van der Waals surface area contributed by atoms with Gasteiger partial charge in [-0.1, -0.05) is 30.0 Å². The molecule has 0 saturated heterocycles. The highest BCUT2D eigenvalue weighted by Crippen LogP contribution is 1.98. The molecule has 0 bridgehead atoms. The Bertz CT molecular complexity index is 416. The van der Waals surface area contributed by atoms with E-state index in [1.165, 1.54) is 6.92 Å². The highest BCUT2D eigenvalue weighted by atomic mass is 16.6. The van der Waals surface area contributed by atoms with Crippen LogP contribution in [0.15, 0.2) is 30.3 Å². The highest BCUT2D eigenvalue weighted by molar-refractivity contribution is 5.66. The van der Waals surface area contributed by atoms with Gasteiger partial charge >= 0.3 is 5.97 Å². The van der Waals surface area contributed by atoms with E-state index in [4.69, 9.17) is 14.6 Å². The molecule has 0 aliphatic heterocycles. The van der Waals surface area contributed by atoms with Crippen LogP contribution in [0.5, 0.6) is 0 Å². The summed E-state index contributed by atoms with van der Waals surface area (Å²) in [5.74, 6) is 5.33. The van der Waals surface area contributed by atoms with E-state index in [9.17, 15) is 4.79 Å². The summed E-state index contributed by atoms with van der Waals surface area (Å²) in [6.45, 7) is 1.60. The molecule has 0 fully saturated rings. The van der Waals surface area contributed by atoms with Crippen molar-refractivity contribution in [3.8, 4) is 11.8 Å². The quantitative estimate of drug-likeness (QED) is 0.479. The van der Waals surface area contributed by atoms with Crippen LogP contribution >= 0.6 is 0 Å². The first-order valence-electron chi connectivity index (χ1n) is 5.65. The highest BCUT2D eigenvalue weighted by Gasteiger charge is 2.08. The summed E-state index contributed by atoms with van der Waals surface area (Å²) in [4.78, 5) is 10.9. The summed E-state index contributed by atoms with van der Waals surface area (Å²) in [7, 11) is 0. The van der Waals surface area contributed by atoms with Crippen LogP contribution < -0.4 is 0 Å². The molecule has 1 unspecified atom stereocenters. The second-order valence-electron chi connectivity index (χ2n) is 3.53. The number of carbonyl (C=O) groups is 1. The van der Waals surface area contributed by atoms with Gasteiger partial charge in [0.15, 0.2) is 6.10 Å². The molecular formula is C14H16O4. The predicted octanol–water partition coefficient (Wildman–Crippen LogP) is 0.979. The summed E-state index contributed by atoms with van der Waals surface area (Å²) < 4.78 is 10.1. The molecule has 1 aromatic carbocycles. The third-order valence-corrected chi connectivity index (χ3v) is 1.96. The van der Waals surface area contributed by atoms with Gasteiger partial charge in [-0.25, -0.2) is 0 Å². The van der Waals surface area contributed by atoms with Gasteiger partial charge in [0.1, 0.15) is 0 Å². The Morgan fingerprint density at radius 3 is 2.72 bits per heavy atom. The van der Waals surface area contributed by atoms with Crippen LogP contribution in [0.4, 0.5) is 0 Å². The molecule has 0 heterocycles. The topological polar surface area (TPSA) is 55.8 Å². The van der Waals surface area contributed by atoms with Crippen LogP contribution in [0.1, 0.15) is 12.5 Å². The Hall–Kier alpha value is -1.83. The van der Waals surface area contributed by atoms with E-state index in [1.54, 1.807) is 0 Å². The number of aliphatic hydroxyl groups is 1. The maximum absolute atomic E-state index is 10.9. The standard InChI is InChI=1S/C14H16O4/c1-12(16)18-14(11-17-10-9-15)8-7-13-5-3-2-4-6-13/h2-6,14-15H,9-11H2,1H3. The molecule has 1 atom stereocenters. The van der Waals surface area contributed by atoms with Crippen LogP contribution in [0.2, 0.25) is 0 Å². The van der Waals surface area contributed by atoms with Crippen LogP contribution in [0, 0.1) is 11.8 Å². The van der Waals surface area contributed by atoms with Crippen molar-refractivity contribution in [1.82, 2.24) is 0 Å². The van der Waals surface area contributed by atoms with Crippen LogP contribution in [-0.4, -0.2) is 37.0 Å². The van der Waals surface area contributed by atoms with Crippen LogP contribution in [0.25, 0.3) is 0 Å². The average molecular weight is 248 g/mol. The lowest BCUT2D eigenvalue weighted by Gasteiger charge is -2.10. The second kappa shape index (κ2) is 8.29. The third-order valence-electron chi connectivity index (χ3n) is 1.96. The largest absolute Gasteiger partial charge is 0.447 e. The van der Waals surface area contributed by atoms with Crippen LogP contribution in [0.3, 0.4) is 0 Å². The summed E-state index contributed by atoms with van der Waals surface area (Å²) in [5, 5.41) is 8.60. The minimum Gasteiger partial charge on any atom is -0.447 e. The maximum Gasteiger partial charge on any atom is 0.303 e. The Morgan fingerprint density at radius 2 is 2.11 bits per heavy atom. The van der Waals surface area contributed by atoms with Gasteiger partial charge in [-0.2, -0.15) is 0 Å². The minimum atomic E-state index is -0.616. The molecule has 0 spiro atoms. The predicted molar refractivity (Wildman–Crippen MR) is 66.8 cm³/mol.